The Labute approximate surface area is 149 Å². The maximum atomic E-state index is 13.0. The number of carbonyl (C=O) groups is 1. The van der Waals surface area contributed by atoms with Gasteiger partial charge in [-0.25, -0.2) is 4.98 Å². The largest absolute Gasteiger partial charge is 0.418 e. The summed E-state index contributed by atoms with van der Waals surface area (Å²) in [6.45, 7) is 0. The zero-order valence-electron chi connectivity index (χ0n) is 14.1. The van der Waals surface area contributed by atoms with E-state index < -0.39 is 11.7 Å². The second-order valence-electron chi connectivity index (χ2n) is 6.41. The summed E-state index contributed by atoms with van der Waals surface area (Å²) < 4.78 is 39.1. The molecule has 1 aromatic heterocycles. The van der Waals surface area contributed by atoms with Crippen molar-refractivity contribution >= 4 is 17.3 Å². The van der Waals surface area contributed by atoms with Crippen molar-refractivity contribution in [3.8, 4) is 0 Å². The van der Waals surface area contributed by atoms with Crippen molar-refractivity contribution in [2.75, 3.05) is 5.32 Å². The molecule has 3 rings (SSSR count). The molecule has 0 saturated heterocycles. The molecule has 1 saturated carbocycles. The molecule has 26 heavy (non-hydrogen) atoms. The van der Waals surface area contributed by atoms with Gasteiger partial charge in [0.05, 0.1) is 23.1 Å². The van der Waals surface area contributed by atoms with Gasteiger partial charge < -0.3 is 10.6 Å². The molecule has 0 radical (unpaired) electrons. The minimum atomic E-state index is -4.45. The summed E-state index contributed by atoms with van der Waals surface area (Å²) in [6, 6.07) is 8.47. The number of alkyl halides is 3. The second kappa shape index (κ2) is 7.76. The van der Waals surface area contributed by atoms with E-state index in [-0.39, 0.29) is 23.3 Å². The van der Waals surface area contributed by atoms with E-state index in [0.29, 0.717) is 5.69 Å². The molecule has 138 valence electrons. The van der Waals surface area contributed by atoms with Crippen LogP contribution in [0.1, 0.15) is 48.2 Å². The number of benzene rings is 1. The van der Waals surface area contributed by atoms with Crippen LogP contribution in [0.2, 0.25) is 0 Å². The number of pyridine rings is 1. The molecule has 1 heterocycles. The molecule has 0 atom stereocenters. The number of anilines is 2. The first-order chi connectivity index (χ1) is 12.4. The lowest BCUT2D eigenvalue weighted by Crippen LogP contribution is -2.36. The summed E-state index contributed by atoms with van der Waals surface area (Å²) in [5, 5.41) is 5.68. The Morgan fingerprint density at radius 3 is 2.42 bits per heavy atom. The highest BCUT2D eigenvalue weighted by molar-refractivity contribution is 5.92. The fourth-order valence-corrected chi connectivity index (χ4v) is 3.10. The van der Waals surface area contributed by atoms with E-state index in [1.54, 1.807) is 6.07 Å². The standard InChI is InChI=1S/C19H20F3N3O/c20-19(21,22)15-8-4-5-9-16(15)24-14-10-11-17(23-12-14)18(26)25-13-6-2-1-3-7-13/h4-5,8-13,24H,1-3,6-7H2,(H,25,26). The molecular weight excluding hydrogens is 343 g/mol. The molecule has 1 aromatic carbocycles. The predicted octanol–water partition coefficient (Wildman–Crippen LogP) is 4.91. The average molecular weight is 363 g/mol. The topological polar surface area (TPSA) is 54.0 Å². The molecule has 1 aliphatic carbocycles. The van der Waals surface area contributed by atoms with E-state index >= 15 is 0 Å². The summed E-state index contributed by atoms with van der Waals surface area (Å²) in [5.41, 5.74) is -0.165. The molecule has 1 amide bonds. The quantitative estimate of drug-likeness (QED) is 0.812. The van der Waals surface area contributed by atoms with Crippen LogP contribution in [-0.4, -0.2) is 16.9 Å². The minimum absolute atomic E-state index is 0.0544. The molecule has 1 aliphatic rings. The molecule has 0 aliphatic heterocycles. The Bertz CT molecular complexity index is 753. The number of halogens is 3. The molecule has 0 bridgehead atoms. The SMILES string of the molecule is O=C(NC1CCCCC1)c1ccc(Nc2ccccc2C(F)(F)F)cn1. The van der Waals surface area contributed by atoms with Gasteiger partial charge in [-0.1, -0.05) is 31.4 Å². The van der Waals surface area contributed by atoms with Gasteiger partial charge in [0, 0.05) is 6.04 Å². The number of rotatable bonds is 4. The summed E-state index contributed by atoms with van der Waals surface area (Å²) in [6.07, 6.45) is 2.28. The van der Waals surface area contributed by atoms with Gasteiger partial charge in [0.1, 0.15) is 5.69 Å². The van der Waals surface area contributed by atoms with Gasteiger partial charge in [-0.2, -0.15) is 13.2 Å². The molecular formula is C19H20F3N3O. The predicted molar refractivity (Wildman–Crippen MR) is 93.3 cm³/mol. The van der Waals surface area contributed by atoms with Crippen molar-refractivity contribution in [3.05, 3.63) is 53.9 Å². The summed E-state index contributed by atoms with van der Waals surface area (Å²) >= 11 is 0. The third-order valence-corrected chi connectivity index (χ3v) is 4.45. The zero-order valence-corrected chi connectivity index (χ0v) is 14.1. The monoisotopic (exact) mass is 363 g/mol. The highest BCUT2D eigenvalue weighted by Gasteiger charge is 2.33. The number of aromatic nitrogens is 1. The molecule has 4 nitrogen and oxygen atoms in total. The van der Waals surface area contributed by atoms with Crippen molar-refractivity contribution in [1.29, 1.82) is 0 Å². The average Bonchev–Trinajstić information content (AvgIpc) is 2.63. The zero-order chi connectivity index (χ0) is 18.6. The van der Waals surface area contributed by atoms with Crippen LogP contribution in [0.3, 0.4) is 0 Å². The highest BCUT2D eigenvalue weighted by Crippen LogP contribution is 2.35. The van der Waals surface area contributed by atoms with Gasteiger partial charge in [0.2, 0.25) is 0 Å². The normalized spacial score (nSPS) is 15.5. The fourth-order valence-electron chi connectivity index (χ4n) is 3.10. The summed E-state index contributed by atoms with van der Waals surface area (Å²) in [7, 11) is 0. The van der Waals surface area contributed by atoms with Crippen LogP contribution in [0, 0.1) is 0 Å². The van der Waals surface area contributed by atoms with Gasteiger partial charge in [-0.15, -0.1) is 0 Å². The van der Waals surface area contributed by atoms with Crippen molar-refractivity contribution in [3.63, 3.8) is 0 Å². The van der Waals surface area contributed by atoms with Gasteiger partial charge in [0.15, 0.2) is 0 Å². The lowest BCUT2D eigenvalue weighted by molar-refractivity contribution is -0.136. The highest BCUT2D eigenvalue weighted by atomic mass is 19.4. The lowest BCUT2D eigenvalue weighted by atomic mass is 9.95. The van der Waals surface area contributed by atoms with Crippen LogP contribution in [0.4, 0.5) is 24.5 Å². The van der Waals surface area contributed by atoms with Gasteiger partial charge in [-0.3, -0.25) is 4.79 Å². The first-order valence-corrected chi connectivity index (χ1v) is 8.63. The minimum Gasteiger partial charge on any atom is -0.354 e. The maximum Gasteiger partial charge on any atom is 0.418 e. The van der Waals surface area contributed by atoms with E-state index in [1.807, 2.05) is 0 Å². The van der Waals surface area contributed by atoms with Gasteiger partial charge in [-0.05, 0) is 37.1 Å². The molecule has 2 aromatic rings. The smallest absolute Gasteiger partial charge is 0.354 e. The third kappa shape index (κ3) is 4.53. The Hall–Kier alpha value is -2.57. The van der Waals surface area contributed by atoms with Crippen molar-refractivity contribution in [2.45, 2.75) is 44.3 Å². The fraction of sp³-hybridized carbons (Fsp3) is 0.368. The Morgan fingerprint density at radius 2 is 1.77 bits per heavy atom. The van der Waals surface area contributed by atoms with Crippen LogP contribution < -0.4 is 10.6 Å². The van der Waals surface area contributed by atoms with Crippen LogP contribution in [-0.2, 0) is 6.18 Å². The maximum absolute atomic E-state index is 13.0. The number of para-hydroxylation sites is 1. The van der Waals surface area contributed by atoms with Gasteiger partial charge in [0.25, 0.3) is 5.91 Å². The Morgan fingerprint density at radius 1 is 1.04 bits per heavy atom. The van der Waals surface area contributed by atoms with Crippen LogP contribution >= 0.6 is 0 Å². The number of hydrogen-bond donors (Lipinski definition) is 2. The number of hydrogen-bond acceptors (Lipinski definition) is 3. The summed E-state index contributed by atoms with van der Waals surface area (Å²) in [4.78, 5) is 16.3. The number of carbonyl (C=O) groups excluding carboxylic acids is 1. The molecule has 0 spiro atoms. The number of nitrogens with one attached hydrogen (secondary N) is 2. The molecule has 1 fully saturated rings. The molecule has 7 heteroatoms. The van der Waals surface area contributed by atoms with Crippen LogP contribution in [0.5, 0.6) is 0 Å². The second-order valence-corrected chi connectivity index (χ2v) is 6.41. The third-order valence-electron chi connectivity index (χ3n) is 4.45. The Balaban J connectivity index is 1.67. The number of nitrogens with zero attached hydrogens (tertiary/aromatic N) is 1. The van der Waals surface area contributed by atoms with E-state index in [9.17, 15) is 18.0 Å². The lowest BCUT2D eigenvalue weighted by Gasteiger charge is -2.22. The van der Waals surface area contributed by atoms with E-state index in [2.05, 4.69) is 15.6 Å². The molecule has 0 unspecified atom stereocenters. The van der Waals surface area contributed by atoms with E-state index in [0.717, 1.165) is 31.7 Å². The van der Waals surface area contributed by atoms with E-state index in [4.69, 9.17) is 0 Å². The first-order valence-electron chi connectivity index (χ1n) is 8.63. The first kappa shape index (κ1) is 18.2. The van der Waals surface area contributed by atoms with Crippen molar-refractivity contribution < 1.29 is 18.0 Å². The van der Waals surface area contributed by atoms with Crippen LogP contribution in [0.25, 0.3) is 0 Å². The summed E-state index contributed by atoms with van der Waals surface area (Å²) in [5.74, 6) is -0.251. The number of amides is 1. The van der Waals surface area contributed by atoms with Crippen LogP contribution in [0.15, 0.2) is 42.6 Å². The van der Waals surface area contributed by atoms with E-state index in [1.165, 1.54) is 36.9 Å². The van der Waals surface area contributed by atoms with Crippen molar-refractivity contribution in [1.82, 2.24) is 10.3 Å². The van der Waals surface area contributed by atoms with Gasteiger partial charge >= 0.3 is 6.18 Å². The molecule has 2 N–H and O–H groups in total. The van der Waals surface area contributed by atoms with Crippen molar-refractivity contribution in [2.24, 2.45) is 0 Å². The Kier molecular flexibility index (Phi) is 5.44.